The zero-order valence-corrected chi connectivity index (χ0v) is 10.3. The summed E-state index contributed by atoms with van der Waals surface area (Å²) in [5.41, 5.74) is 0.0939. The third kappa shape index (κ3) is 4.45. The standard InChI is InChI=1S/C12H24N2/c1-7-9-10-13-11(12(3,4)5)14(6)8-2/h8H,2,7,9-10H2,1,3-6H3/b13-11-. The van der Waals surface area contributed by atoms with Crippen molar-refractivity contribution in [1.29, 1.82) is 0 Å². The number of aliphatic imine (C=N–C) groups is 1. The molecule has 0 aliphatic rings. The van der Waals surface area contributed by atoms with E-state index in [1.165, 1.54) is 6.42 Å². The minimum atomic E-state index is 0.0939. The van der Waals surface area contributed by atoms with Crippen molar-refractivity contribution >= 4 is 5.84 Å². The van der Waals surface area contributed by atoms with Crippen LogP contribution in [-0.2, 0) is 0 Å². The second-order valence-electron chi connectivity index (χ2n) is 4.60. The number of hydrogen-bond donors (Lipinski definition) is 0. The lowest BCUT2D eigenvalue weighted by Gasteiger charge is -2.28. The Balaban J connectivity index is 4.55. The van der Waals surface area contributed by atoms with Crippen LogP contribution in [0.25, 0.3) is 0 Å². The molecule has 0 aliphatic carbocycles. The molecule has 14 heavy (non-hydrogen) atoms. The van der Waals surface area contributed by atoms with E-state index in [1.807, 2.05) is 18.1 Å². The third-order valence-corrected chi connectivity index (χ3v) is 2.05. The van der Waals surface area contributed by atoms with Crippen LogP contribution in [0.4, 0.5) is 0 Å². The van der Waals surface area contributed by atoms with E-state index in [0.29, 0.717) is 0 Å². The van der Waals surface area contributed by atoms with Gasteiger partial charge in [0.15, 0.2) is 0 Å². The molecule has 0 unspecified atom stereocenters. The first-order chi connectivity index (χ1) is 6.43. The second kappa shape index (κ2) is 5.84. The molecule has 0 rings (SSSR count). The molecular weight excluding hydrogens is 172 g/mol. The van der Waals surface area contributed by atoms with Gasteiger partial charge in [0.1, 0.15) is 5.84 Å². The first-order valence-corrected chi connectivity index (χ1v) is 5.33. The molecule has 0 heterocycles. The first-order valence-electron chi connectivity index (χ1n) is 5.33. The van der Waals surface area contributed by atoms with E-state index >= 15 is 0 Å². The Morgan fingerprint density at radius 3 is 2.36 bits per heavy atom. The van der Waals surface area contributed by atoms with E-state index in [2.05, 4.69) is 39.3 Å². The normalized spacial score (nSPS) is 12.8. The summed E-state index contributed by atoms with van der Waals surface area (Å²) in [6.07, 6.45) is 4.17. The highest BCUT2D eigenvalue weighted by Gasteiger charge is 2.20. The molecular formula is C12H24N2. The van der Waals surface area contributed by atoms with Crippen LogP contribution in [0.3, 0.4) is 0 Å². The molecule has 0 atom stereocenters. The molecule has 0 amide bonds. The topological polar surface area (TPSA) is 15.6 Å². The largest absolute Gasteiger partial charge is 0.340 e. The van der Waals surface area contributed by atoms with E-state index in [1.54, 1.807) is 0 Å². The van der Waals surface area contributed by atoms with Gasteiger partial charge in [0.25, 0.3) is 0 Å². The zero-order chi connectivity index (χ0) is 11.2. The van der Waals surface area contributed by atoms with Gasteiger partial charge in [0.05, 0.1) is 0 Å². The summed E-state index contributed by atoms with van der Waals surface area (Å²) >= 11 is 0. The maximum absolute atomic E-state index is 4.63. The molecule has 0 fully saturated rings. The molecule has 0 aliphatic heterocycles. The van der Waals surface area contributed by atoms with Gasteiger partial charge in [0.2, 0.25) is 0 Å². The number of nitrogens with zero attached hydrogens (tertiary/aromatic N) is 2. The summed E-state index contributed by atoms with van der Waals surface area (Å²) in [6, 6.07) is 0. The van der Waals surface area contributed by atoms with E-state index in [-0.39, 0.29) is 5.41 Å². The fraction of sp³-hybridized carbons (Fsp3) is 0.750. The molecule has 0 aromatic rings. The predicted octanol–water partition coefficient (Wildman–Crippen LogP) is 3.31. The van der Waals surface area contributed by atoms with Crippen molar-refractivity contribution < 1.29 is 0 Å². The highest BCUT2D eigenvalue weighted by Crippen LogP contribution is 2.18. The van der Waals surface area contributed by atoms with Gasteiger partial charge in [-0.05, 0) is 12.6 Å². The number of rotatable bonds is 4. The Morgan fingerprint density at radius 2 is 2.00 bits per heavy atom. The molecule has 82 valence electrons. The lowest BCUT2D eigenvalue weighted by molar-refractivity contribution is 0.500. The van der Waals surface area contributed by atoms with Crippen molar-refractivity contribution in [3.8, 4) is 0 Å². The van der Waals surface area contributed by atoms with Gasteiger partial charge in [-0.1, -0.05) is 40.7 Å². The van der Waals surface area contributed by atoms with Gasteiger partial charge >= 0.3 is 0 Å². The van der Waals surface area contributed by atoms with E-state index < -0.39 is 0 Å². The monoisotopic (exact) mass is 196 g/mol. The Kier molecular flexibility index (Phi) is 5.51. The molecule has 0 spiro atoms. The SMILES string of the molecule is C=CN(C)/C(=N\CCCC)C(C)(C)C. The van der Waals surface area contributed by atoms with Gasteiger partial charge in [-0.25, -0.2) is 0 Å². The van der Waals surface area contributed by atoms with Crippen LogP contribution < -0.4 is 0 Å². The van der Waals surface area contributed by atoms with E-state index in [4.69, 9.17) is 0 Å². The molecule has 0 radical (unpaired) electrons. The molecule has 0 saturated heterocycles. The summed E-state index contributed by atoms with van der Waals surface area (Å²) in [6.45, 7) is 13.4. The van der Waals surface area contributed by atoms with Crippen LogP contribution in [0, 0.1) is 5.41 Å². The van der Waals surface area contributed by atoms with Crippen LogP contribution in [-0.4, -0.2) is 24.3 Å². The van der Waals surface area contributed by atoms with Crippen LogP contribution in [0.1, 0.15) is 40.5 Å². The van der Waals surface area contributed by atoms with E-state index in [0.717, 1.165) is 18.8 Å². The van der Waals surface area contributed by atoms with Gasteiger partial charge in [-0.2, -0.15) is 0 Å². The van der Waals surface area contributed by atoms with Crippen molar-refractivity contribution in [3.05, 3.63) is 12.8 Å². The van der Waals surface area contributed by atoms with Crippen molar-refractivity contribution in [3.63, 3.8) is 0 Å². The van der Waals surface area contributed by atoms with Gasteiger partial charge < -0.3 is 4.90 Å². The van der Waals surface area contributed by atoms with Gasteiger partial charge in [0, 0.05) is 19.0 Å². The minimum Gasteiger partial charge on any atom is -0.340 e. The maximum atomic E-state index is 4.63. The van der Waals surface area contributed by atoms with Crippen LogP contribution in [0.15, 0.2) is 17.8 Å². The van der Waals surface area contributed by atoms with E-state index in [9.17, 15) is 0 Å². The summed E-state index contributed by atoms with van der Waals surface area (Å²) < 4.78 is 0. The molecule has 0 aromatic carbocycles. The van der Waals surface area contributed by atoms with Crippen molar-refractivity contribution in [2.24, 2.45) is 10.4 Å². The van der Waals surface area contributed by atoms with Crippen molar-refractivity contribution in [1.82, 2.24) is 4.90 Å². The highest BCUT2D eigenvalue weighted by atomic mass is 15.2. The Bertz CT molecular complexity index is 199. The summed E-state index contributed by atoms with van der Waals surface area (Å²) in [7, 11) is 2.00. The fourth-order valence-electron chi connectivity index (χ4n) is 1.31. The van der Waals surface area contributed by atoms with Crippen LogP contribution in [0.5, 0.6) is 0 Å². The van der Waals surface area contributed by atoms with Gasteiger partial charge in [-0.15, -0.1) is 0 Å². The summed E-state index contributed by atoms with van der Waals surface area (Å²) in [5.74, 6) is 1.11. The van der Waals surface area contributed by atoms with Crippen molar-refractivity contribution in [2.75, 3.05) is 13.6 Å². The second-order valence-corrected chi connectivity index (χ2v) is 4.60. The lowest BCUT2D eigenvalue weighted by atomic mass is 9.94. The predicted molar refractivity (Wildman–Crippen MR) is 64.6 cm³/mol. The Labute approximate surface area is 88.7 Å². The lowest BCUT2D eigenvalue weighted by Crippen LogP contribution is -2.33. The average molecular weight is 196 g/mol. The maximum Gasteiger partial charge on any atom is 0.108 e. The molecule has 2 heteroatoms. The van der Waals surface area contributed by atoms with Crippen LogP contribution in [0.2, 0.25) is 0 Å². The summed E-state index contributed by atoms with van der Waals surface area (Å²) in [4.78, 5) is 6.64. The highest BCUT2D eigenvalue weighted by molar-refractivity contribution is 5.87. The molecule has 0 bridgehead atoms. The van der Waals surface area contributed by atoms with Crippen molar-refractivity contribution in [2.45, 2.75) is 40.5 Å². The molecule has 0 aromatic heterocycles. The molecule has 2 nitrogen and oxygen atoms in total. The Morgan fingerprint density at radius 1 is 1.43 bits per heavy atom. The van der Waals surface area contributed by atoms with Crippen LogP contribution >= 0.6 is 0 Å². The molecule has 0 saturated carbocycles. The number of hydrogen-bond acceptors (Lipinski definition) is 1. The van der Waals surface area contributed by atoms with Gasteiger partial charge in [-0.3, -0.25) is 4.99 Å². The summed E-state index contributed by atoms with van der Waals surface area (Å²) in [5, 5.41) is 0. The average Bonchev–Trinajstić information content (AvgIpc) is 2.09. The Hall–Kier alpha value is -0.790. The quantitative estimate of drug-likeness (QED) is 0.382. The minimum absolute atomic E-state index is 0.0939. The number of unbranched alkanes of at least 4 members (excludes halogenated alkanes) is 1. The zero-order valence-electron chi connectivity index (χ0n) is 10.3. The number of amidine groups is 1. The fourth-order valence-corrected chi connectivity index (χ4v) is 1.31. The third-order valence-electron chi connectivity index (χ3n) is 2.05. The first kappa shape index (κ1) is 13.2. The molecule has 0 N–H and O–H groups in total. The smallest absolute Gasteiger partial charge is 0.108 e.